The number of methoxy groups -OCH3 is 1. The Bertz CT molecular complexity index is 482. The summed E-state index contributed by atoms with van der Waals surface area (Å²) in [6, 6.07) is 6.35. The topological polar surface area (TPSA) is 75.6 Å². The van der Waals surface area contributed by atoms with Gasteiger partial charge in [0.2, 0.25) is 0 Å². The van der Waals surface area contributed by atoms with Gasteiger partial charge in [-0.15, -0.1) is 0 Å². The van der Waals surface area contributed by atoms with Crippen molar-refractivity contribution in [3.63, 3.8) is 0 Å². The zero-order chi connectivity index (χ0) is 14.5. The summed E-state index contributed by atoms with van der Waals surface area (Å²) in [4.78, 5) is 0.192. The molecule has 0 spiro atoms. The Morgan fingerprint density at radius 3 is 2.32 bits per heavy atom. The molecule has 1 aromatic rings. The number of nitrogens with one attached hydrogen (secondary N) is 1. The molecule has 0 saturated carbocycles. The summed E-state index contributed by atoms with van der Waals surface area (Å²) in [7, 11) is -1.96. The van der Waals surface area contributed by atoms with E-state index in [1.807, 2.05) is 13.8 Å². The summed E-state index contributed by atoms with van der Waals surface area (Å²) >= 11 is 0. The molecule has 0 heterocycles. The molecule has 108 valence electrons. The summed E-state index contributed by atoms with van der Waals surface area (Å²) in [5.74, 6) is 0.306. The fourth-order valence-corrected chi connectivity index (χ4v) is 2.93. The molecule has 19 heavy (non-hydrogen) atoms. The van der Waals surface area contributed by atoms with Crippen LogP contribution in [-0.2, 0) is 9.84 Å². The van der Waals surface area contributed by atoms with Crippen molar-refractivity contribution in [3.05, 3.63) is 24.3 Å². The Morgan fingerprint density at radius 2 is 1.84 bits per heavy atom. The van der Waals surface area contributed by atoms with Crippen LogP contribution in [0.25, 0.3) is 0 Å². The maximum absolute atomic E-state index is 12.1. The lowest BCUT2D eigenvalue weighted by atomic mass is 10.3. The SMILES string of the molecule is COc1ccc(S(=O)(=O)CC(O)CNC(C)C)cc1. The number of hydrogen-bond acceptors (Lipinski definition) is 5. The molecule has 0 aromatic heterocycles. The van der Waals surface area contributed by atoms with Gasteiger partial charge < -0.3 is 15.2 Å². The third-order valence-electron chi connectivity index (χ3n) is 2.59. The Morgan fingerprint density at radius 1 is 1.26 bits per heavy atom. The first kappa shape index (κ1) is 15.9. The zero-order valence-electron chi connectivity index (χ0n) is 11.5. The van der Waals surface area contributed by atoms with E-state index < -0.39 is 15.9 Å². The summed E-state index contributed by atoms with van der Waals surface area (Å²) < 4.78 is 29.1. The second-order valence-corrected chi connectivity index (χ2v) is 6.71. The molecular weight excluding hydrogens is 266 g/mol. The van der Waals surface area contributed by atoms with E-state index in [1.165, 1.54) is 19.2 Å². The van der Waals surface area contributed by atoms with Gasteiger partial charge >= 0.3 is 0 Å². The van der Waals surface area contributed by atoms with Gasteiger partial charge in [0.15, 0.2) is 9.84 Å². The molecule has 0 bridgehead atoms. The molecular formula is C13H21NO4S. The van der Waals surface area contributed by atoms with E-state index in [4.69, 9.17) is 4.74 Å². The highest BCUT2D eigenvalue weighted by Gasteiger charge is 2.19. The number of rotatable bonds is 7. The number of sulfone groups is 1. The minimum absolute atomic E-state index is 0.192. The molecule has 0 radical (unpaired) electrons. The minimum Gasteiger partial charge on any atom is -0.497 e. The summed E-state index contributed by atoms with van der Waals surface area (Å²) in [5.41, 5.74) is 0. The second kappa shape index (κ2) is 6.88. The van der Waals surface area contributed by atoms with Crippen molar-refractivity contribution < 1.29 is 18.3 Å². The quantitative estimate of drug-likeness (QED) is 0.777. The Kier molecular flexibility index (Phi) is 5.78. The van der Waals surface area contributed by atoms with E-state index in [-0.39, 0.29) is 23.2 Å². The van der Waals surface area contributed by atoms with E-state index in [0.717, 1.165) is 0 Å². The van der Waals surface area contributed by atoms with E-state index in [0.29, 0.717) is 5.75 Å². The van der Waals surface area contributed by atoms with Gasteiger partial charge in [0.25, 0.3) is 0 Å². The van der Waals surface area contributed by atoms with Crippen LogP contribution < -0.4 is 10.1 Å². The fraction of sp³-hybridized carbons (Fsp3) is 0.538. The van der Waals surface area contributed by atoms with E-state index in [1.54, 1.807) is 12.1 Å². The van der Waals surface area contributed by atoms with E-state index in [9.17, 15) is 13.5 Å². The van der Waals surface area contributed by atoms with Crippen molar-refractivity contribution in [3.8, 4) is 5.75 Å². The Labute approximate surface area is 114 Å². The van der Waals surface area contributed by atoms with Crippen molar-refractivity contribution in [2.45, 2.75) is 30.9 Å². The van der Waals surface area contributed by atoms with E-state index >= 15 is 0 Å². The number of aliphatic hydroxyl groups is 1. The summed E-state index contributed by atoms with van der Waals surface area (Å²) in [6.45, 7) is 4.13. The predicted molar refractivity (Wildman–Crippen MR) is 74.2 cm³/mol. The van der Waals surface area contributed by atoms with Crippen LogP contribution in [0.15, 0.2) is 29.2 Å². The molecule has 0 aliphatic heterocycles. The van der Waals surface area contributed by atoms with Gasteiger partial charge in [0.1, 0.15) is 5.75 Å². The fourth-order valence-electron chi connectivity index (χ4n) is 1.56. The lowest BCUT2D eigenvalue weighted by Crippen LogP contribution is -2.35. The maximum atomic E-state index is 12.1. The molecule has 6 heteroatoms. The van der Waals surface area contributed by atoms with E-state index in [2.05, 4.69) is 5.32 Å². The van der Waals surface area contributed by atoms with Crippen molar-refractivity contribution >= 4 is 9.84 Å². The van der Waals surface area contributed by atoms with Gasteiger partial charge in [-0.1, -0.05) is 13.8 Å². The number of hydrogen-bond donors (Lipinski definition) is 2. The third kappa shape index (κ3) is 5.18. The monoisotopic (exact) mass is 287 g/mol. The standard InChI is InChI=1S/C13H21NO4S/c1-10(2)14-8-11(15)9-19(16,17)13-6-4-12(18-3)5-7-13/h4-7,10-11,14-15H,8-9H2,1-3H3. The zero-order valence-corrected chi connectivity index (χ0v) is 12.3. The molecule has 0 saturated heterocycles. The van der Waals surface area contributed by atoms with Crippen molar-refractivity contribution in [1.82, 2.24) is 5.32 Å². The third-order valence-corrected chi connectivity index (χ3v) is 4.41. The van der Waals surface area contributed by atoms with Crippen LogP contribution in [0.2, 0.25) is 0 Å². The van der Waals surface area contributed by atoms with Crippen LogP contribution in [0, 0.1) is 0 Å². The molecule has 0 aliphatic rings. The lowest BCUT2D eigenvalue weighted by molar-refractivity contribution is 0.190. The van der Waals surface area contributed by atoms with Gasteiger partial charge in [-0.2, -0.15) is 0 Å². The van der Waals surface area contributed by atoms with Gasteiger partial charge in [0, 0.05) is 12.6 Å². The summed E-state index contributed by atoms with van der Waals surface area (Å²) in [6.07, 6.45) is -0.922. The van der Waals surface area contributed by atoms with Gasteiger partial charge in [0.05, 0.1) is 23.9 Å². The molecule has 1 atom stereocenters. The minimum atomic E-state index is -3.48. The van der Waals surface area contributed by atoms with Crippen molar-refractivity contribution in [1.29, 1.82) is 0 Å². The highest BCUT2D eigenvalue weighted by molar-refractivity contribution is 7.91. The van der Waals surface area contributed by atoms with Crippen LogP contribution in [0.3, 0.4) is 0 Å². The number of ether oxygens (including phenoxy) is 1. The van der Waals surface area contributed by atoms with Crippen LogP contribution in [0.5, 0.6) is 5.75 Å². The largest absolute Gasteiger partial charge is 0.497 e. The van der Waals surface area contributed by atoms with Gasteiger partial charge in [-0.25, -0.2) is 8.42 Å². The highest BCUT2D eigenvalue weighted by Crippen LogP contribution is 2.17. The lowest BCUT2D eigenvalue weighted by Gasteiger charge is -2.14. The molecule has 1 aromatic carbocycles. The van der Waals surface area contributed by atoms with Crippen LogP contribution in [0.1, 0.15) is 13.8 Å². The second-order valence-electron chi connectivity index (χ2n) is 4.67. The predicted octanol–water partition coefficient (Wildman–Crippen LogP) is 0.828. The average molecular weight is 287 g/mol. The van der Waals surface area contributed by atoms with Crippen LogP contribution >= 0.6 is 0 Å². The molecule has 2 N–H and O–H groups in total. The number of aliphatic hydroxyl groups excluding tert-OH is 1. The van der Waals surface area contributed by atoms with Crippen LogP contribution in [-0.4, -0.2) is 45.1 Å². The molecule has 1 rings (SSSR count). The molecule has 5 nitrogen and oxygen atoms in total. The Balaban J connectivity index is 2.69. The first-order chi connectivity index (χ1) is 8.85. The van der Waals surface area contributed by atoms with Crippen LogP contribution in [0.4, 0.5) is 0 Å². The van der Waals surface area contributed by atoms with Crippen molar-refractivity contribution in [2.75, 3.05) is 19.4 Å². The van der Waals surface area contributed by atoms with Crippen molar-refractivity contribution in [2.24, 2.45) is 0 Å². The molecule has 1 unspecified atom stereocenters. The average Bonchev–Trinajstić information content (AvgIpc) is 2.36. The first-order valence-electron chi connectivity index (χ1n) is 6.13. The highest BCUT2D eigenvalue weighted by atomic mass is 32.2. The smallest absolute Gasteiger partial charge is 0.180 e. The first-order valence-corrected chi connectivity index (χ1v) is 7.78. The summed E-state index contributed by atoms with van der Waals surface area (Å²) in [5, 5.41) is 12.7. The molecule has 0 aliphatic carbocycles. The Hall–Kier alpha value is -1.11. The molecule has 0 amide bonds. The number of benzene rings is 1. The maximum Gasteiger partial charge on any atom is 0.180 e. The van der Waals surface area contributed by atoms with Gasteiger partial charge in [-0.05, 0) is 24.3 Å². The molecule has 0 fully saturated rings. The van der Waals surface area contributed by atoms with Gasteiger partial charge in [-0.3, -0.25) is 0 Å². The normalized spacial score (nSPS) is 13.5.